The molecule has 1 saturated heterocycles. The van der Waals surface area contributed by atoms with Crippen LogP contribution in [0.5, 0.6) is 0 Å². The van der Waals surface area contributed by atoms with Crippen molar-refractivity contribution < 1.29 is 9.22 Å². The van der Waals surface area contributed by atoms with Crippen molar-refractivity contribution in [3.05, 3.63) is 35.9 Å². The van der Waals surface area contributed by atoms with Crippen LogP contribution in [0, 0.1) is 0 Å². The van der Waals surface area contributed by atoms with Gasteiger partial charge in [-0.25, -0.2) is 0 Å². The second-order valence-electron chi connectivity index (χ2n) is 7.40. The zero-order valence-corrected chi connectivity index (χ0v) is 14.8. The second kappa shape index (κ2) is 5.93. The summed E-state index contributed by atoms with van der Waals surface area (Å²) in [4.78, 5) is 14.5. The standard InChI is InChI=1S/C17H27NO2Si/c1-17(2,3)21(4,5)20-15-11-12-18(16(15)19)13-14-9-7-6-8-10-14/h6-10,15H,11-13H2,1-5H3. The molecule has 0 spiro atoms. The van der Waals surface area contributed by atoms with Crippen LogP contribution in [0.15, 0.2) is 30.3 Å². The number of nitrogens with zero attached hydrogens (tertiary/aromatic N) is 1. The van der Waals surface area contributed by atoms with Gasteiger partial charge >= 0.3 is 0 Å². The van der Waals surface area contributed by atoms with Crippen molar-refractivity contribution in [3.8, 4) is 0 Å². The van der Waals surface area contributed by atoms with Crippen molar-refractivity contribution in [1.82, 2.24) is 4.90 Å². The smallest absolute Gasteiger partial charge is 0.250 e. The number of carbonyl (C=O) groups excluding carboxylic acids is 1. The van der Waals surface area contributed by atoms with Crippen LogP contribution in [-0.2, 0) is 15.8 Å². The predicted octanol–water partition coefficient (Wildman–Crippen LogP) is 3.81. The van der Waals surface area contributed by atoms with Crippen LogP contribution < -0.4 is 0 Å². The molecule has 4 heteroatoms. The predicted molar refractivity (Wildman–Crippen MR) is 88.5 cm³/mol. The van der Waals surface area contributed by atoms with Crippen LogP contribution in [0.1, 0.15) is 32.8 Å². The summed E-state index contributed by atoms with van der Waals surface area (Å²) in [6.07, 6.45) is 0.577. The van der Waals surface area contributed by atoms with Gasteiger partial charge in [-0.3, -0.25) is 4.79 Å². The van der Waals surface area contributed by atoms with Crippen LogP contribution in [0.3, 0.4) is 0 Å². The van der Waals surface area contributed by atoms with Gasteiger partial charge in [0.05, 0.1) is 0 Å². The first-order valence-electron chi connectivity index (χ1n) is 7.71. The van der Waals surface area contributed by atoms with Gasteiger partial charge in [-0.15, -0.1) is 0 Å². The third kappa shape index (κ3) is 3.74. The Morgan fingerprint density at radius 3 is 2.43 bits per heavy atom. The Hall–Kier alpha value is -1.13. The fraction of sp³-hybridized carbons (Fsp3) is 0.588. The maximum atomic E-state index is 12.5. The molecule has 21 heavy (non-hydrogen) atoms. The summed E-state index contributed by atoms with van der Waals surface area (Å²) in [5.74, 6) is 0.156. The lowest BCUT2D eigenvalue weighted by Crippen LogP contribution is -2.46. The molecule has 0 saturated carbocycles. The molecule has 1 heterocycles. The number of benzene rings is 1. The van der Waals surface area contributed by atoms with E-state index in [9.17, 15) is 4.79 Å². The Kier molecular flexibility index (Phi) is 4.59. The largest absolute Gasteiger partial charge is 0.405 e. The lowest BCUT2D eigenvalue weighted by molar-refractivity contribution is -0.134. The summed E-state index contributed by atoms with van der Waals surface area (Å²) in [6.45, 7) is 12.5. The van der Waals surface area contributed by atoms with E-state index < -0.39 is 8.32 Å². The first-order valence-corrected chi connectivity index (χ1v) is 10.6. The Morgan fingerprint density at radius 1 is 1.24 bits per heavy atom. The van der Waals surface area contributed by atoms with Crippen molar-refractivity contribution in [2.75, 3.05) is 6.54 Å². The minimum absolute atomic E-state index is 0.139. The van der Waals surface area contributed by atoms with E-state index in [0.29, 0.717) is 6.54 Å². The molecular formula is C17H27NO2Si. The zero-order chi connectivity index (χ0) is 15.7. The monoisotopic (exact) mass is 305 g/mol. The van der Waals surface area contributed by atoms with E-state index in [1.807, 2.05) is 23.1 Å². The molecular weight excluding hydrogens is 278 g/mol. The van der Waals surface area contributed by atoms with Gasteiger partial charge < -0.3 is 9.33 Å². The number of hydrogen-bond donors (Lipinski definition) is 0. The molecule has 0 aromatic heterocycles. The van der Waals surface area contributed by atoms with Crippen LogP contribution in [-0.4, -0.2) is 31.8 Å². The molecule has 2 rings (SSSR count). The number of rotatable bonds is 4. The van der Waals surface area contributed by atoms with Crippen LogP contribution >= 0.6 is 0 Å². The lowest BCUT2D eigenvalue weighted by atomic mass is 10.2. The third-order valence-corrected chi connectivity index (χ3v) is 9.19. The Balaban J connectivity index is 1.99. The first-order chi connectivity index (χ1) is 9.71. The first kappa shape index (κ1) is 16.2. The van der Waals surface area contributed by atoms with E-state index in [1.54, 1.807) is 0 Å². The van der Waals surface area contributed by atoms with Crippen LogP contribution in [0.4, 0.5) is 0 Å². The van der Waals surface area contributed by atoms with Gasteiger partial charge in [-0.05, 0) is 30.1 Å². The average molecular weight is 305 g/mol. The van der Waals surface area contributed by atoms with Crippen molar-refractivity contribution in [2.24, 2.45) is 0 Å². The van der Waals surface area contributed by atoms with Crippen molar-refractivity contribution in [3.63, 3.8) is 0 Å². The van der Waals surface area contributed by atoms with Gasteiger partial charge in [0.15, 0.2) is 8.32 Å². The highest BCUT2D eigenvalue weighted by Gasteiger charge is 2.43. The van der Waals surface area contributed by atoms with Gasteiger partial charge in [0.2, 0.25) is 0 Å². The molecule has 1 aliphatic heterocycles. The summed E-state index contributed by atoms with van der Waals surface area (Å²) in [5.41, 5.74) is 1.18. The molecule has 0 aliphatic carbocycles. The molecule has 0 N–H and O–H groups in total. The molecule has 1 fully saturated rings. The quantitative estimate of drug-likeness (QED) is 0.792. The molecule has 1 aliphatic rings. The van der Waals surface area contributed by atoms with E-state index in [4.69, 9.17) is 4.43 Å². The minimum atomic E-state index is -1.88. The van der Waals surface area contributed by atoms with Crippen LogP contribution in [0.2, 0.25) is 18.1 Å². The summed E-state index contributed by atoms with van der Waals surface area (Å²) >= 11 is 0. The summed E-state index contributed by atoms with van der Waals surface area (Å²) in [5, 5.41) is 0.139. The van der Waals surface area contributed by atoms with Crippen molar-refractivity contribution in [1.29, 1.82) is 0 Å². The SMILES string of the molecule is CC(C)(C)[Si](C)(C)OC1CCN(Cc2ccccc2)C1=O. The molecule has 3 nitrogen and oxygen atoms in total. The van der Waals surface area contributed by atoms with E-state index >= 15 is 0 Å². The molecule has 1 unspecified atom stereocenters. The molecule has 116 valence electrons. The van der Waals surface area contributed by atoms with Gasteiger partial charge in [0, 0.05) is 13.1 Å². The molecule has 0 radical (unpaired) electrons. The van der Waals surface area contributed by atoms with E-state index in [-0.39, 0.29) is 17.0 Å². The topological polar surface area (TPSA) is 29.5 Å². The maximum Gasteiger partial charge on any atom is 0.250 e. The molecule has 1 aromatic carbocycles. The maximum absolute atomic E-state index is 12.5. The minimum Gasteiger partial charge on any atom is -0.405 e. The normalized spacial score (nSPS) is 20.1. The Bertz CT molecular complexity index is 493. The van der Waals surface area contributed by atoms with Crippen LogP contribution in [0.25, 0.3) is 0 Å². The van der Waals surface area contributed by atoms with Crippen molar-refractivity contribution in [2.45, 2.75) is 58.0 Å². The number of amides is 1. The molecule has 1 amide bonds. The third-order valence-electron chi connectivity index (χ3n) is 4.71. The van der Waals surface area contributed by atoms with Gasteiger partial charge in [-0.2, -0.15) is 0 Å². The van der Waals surface area contributed by atoms with Crippen molar-refractivity contribution >= 4 is 14.2 Å². The summed E-state index contributed by atoms with van der Waals surface area (Å²) in [6, 6.07) is 10.2. The zero-order valence-electron chi connectivity index (χ0n) is 13.8. The average Bonchev–Trinajstić information content (AvgIpc) is 2.71. The fourth-order valence-corrected chi connectivity index (χ4v) is 3.60. The van der Waals surface area contributed by atoms with Gasteiger partial charge in [0.25, 0.3) is 5.91 Å². The number of hydrogen-bond acceptors (Lipinski definition) is 2. The van der Waals surface area contributed by atoms with E-state index in [1.165, 1.54) is 5.56 Å². The molecule has 0 bridgehead atoms. The molecule has 1 aromatic rings. The highest BCUT2D eigenvalue weighted by atomic mass is 28.4. The van der Waals surface area contributed by atoms with E-state index in [2.05, 4.69) is 46.0 Å². The molecule has 1 atom stereocenters. The summed E-state index contributed by atoms with van der Waals surface area (Å²) in [7, 11) is -1.88. The Morgan fingerprint density at radius 2 is 1.86 bits per heavy atom. The highest BCUT2D eigenvalue weighted by Crippen LogP contribution is 2.38. The lowest BCUT2D eigenvalue weighted by Gasteiger charge is -2.37. The highest BCUT2D eigenvalue weighted by molar-refractivity contribution is 6.74. The summed E-state index contributed by atoms with van der Waals surface area (Å²) < 4.78 is 6.29. The second-order valence-corrected chi connectivity index (χ2v) is 12.2. The number of carbonyl (C=O) groups is 1. The Labute approximate surface area is 129 Å². The van der Waals surface area contributed by atoms with Gasteiger partial charge in [0.1, 0.15) is 6.10 Å². The number of likely N-dealkylation sites (tertiary alicyclic amines) is 1. The van der Waals surface area contributed by atoms with E-state index in [0.717, 1.165) is 13.0 Å². The van der Waals surface area contributed by atoms with Gasteiger partial charge in [-0.1, -0.05) is 51.1 Å². The fourth-order valence-electron chi connectivity index (χ4n) is 2.31.